The minimum absolute atomic E-state index is 0.170. The Bertz CT molecular complexity index is 856. The van der Waals surface area contributed by atoms with Crippen LogP contribution in [0.3, 0.4) is 0 Å². The van der Waals surface area contributed by atoms with E-state index in [-0.39, 0.29) is 24.4 Å². The molecular formula is C20H28N4O3S. The molecule has 3 rings (SSSR count). The number of amides is 1. The van der Waals surface area contributed by atoms with Crippen LogP contribution in [0, 0.1) is 25.7 Å². The number of hydrogen-bond acceptors (Lipinski definition) is 7. The van der Waals surface area contributed by atoms with E-state index in [1.807, 2.05) is 13.8 Å². The minimum Gasteiger partial charge on any atom is -0.455 e. The van der Waals surface area contributed by atoms with E-state index in [4.69, 9.17) is 4.74 Å². The smallest absolute Gasteiger partial charge is 0.309 e. The Morgan fingerprint density at radius 3 is 2.68 bits per heavy atom. The van der Waals surface area contributed by atoms with Crippen molar-refractivity contribution in [1.82, 2.24) is 15.3 Å². The number of carbonyl (C=O) groups is 2. The lowest BCUT2D eigenvalue weighted by molar-refractivity contribution is -0.153. The SMILES string of the molecule is Cc1sc2ncnc(N3CCC(C(=O)OCC(=O)NCC(C)C)CC3)c2c1C. The fourth-order valence-electron chi connectivity index (χ4n) is 3.35. The molecule has 8 heteroatoms. The molecule has 0 aromatic carbocycles. The predicted octanol–water partition coefficient (Wildman–Crippen LogP) is 2.84. The molecule has 0 atom stereocenters. The van der Waals surface area contributed by atoms with Gasteiger partial charge in [0.2, 0.25) is 0 Å². The van der Waals surface area contributed by atoms with Gasteiger partial charge in [0, 0.05) is 24.5 Å². The summed E-state index contributed by atoms with van der Waals surface area (Å²) in [4.78, 5) is 37.4. The zero-order valence-corrected chi connectivity index (χ0v) is 17.8. The molecule has 1 aliphatic rings. The zero-order chi connectivity index (χ0) is 20.3. The molecule has 0 bridgehead atoms. The highest BCUT2D eigenvalue weighted by atomic mass is 32.1. The van der Waals surface area contributed by atoms with Crippen molar-refractivity contribution in [3.8, 4) is 0 Å². The first kappa shape index (κ1) is 20.5. The van der Waals surface area contributed by atoms with Gasteiger partial charge < -0.3 is 15.0 Å². The minimum atomic E-state index is -0.283. The average molecular weight is 405 g/mol. The maximum Gasteiger partial charge on any atom is 0.309 e. The van der Waals surface area contributed by atoms with Crippen LogP contribution in [0.1, 0.15) is 37.1 Å². The van der Waals surface area contributed by atoms with E-state index in [2.05, 4.69) is 34.0 Å². The summed E-state index contributed by atoms with van der Waals surface area (Å²) < 4.78 is 5.22. The Balaban J connectivity index is 1.55. The van der Waals surface area contributed by atoms with E-state index < -0.39 is 0 Å². The number of aromatic nitrogens is 2. The Labute approximate surface area is 169 Å². The molecule has 1 N–H and O–H groups in total. The molecular weight excluding hydrogens is 376 g/mol. The lowest BCUT2D eigenvalue weighted by Gasteiger charge is -2.32. The number of nitrogens with one attached hydrogen (secondary N) is 1. The summed E-state index contributed by atoms with van der Waals surface area (Å²) >= 11 is 1.69. The fraction of sp³-hybridized carbons (Fsp3) is 0.600. The molecule has 2 aromatic heterocycles. The Hall–Kier alpha value is -2.22. The molecule has 3 heterocycles. The summed E-state index contributed by atoms with van der Waals surface area (Å²) in [6, 6.07) is 0. The molecule has 0 unspecified atom stereocenters. The first-order chi connectivity index (χ1) is 13.4. The van der Waals surface area contributed by atoms with E-state index in [1.165, 1.54) is 10.4 Å². The first-order valence-corrected chi connectivity index (χ1v) is 10.6. The molecule has 0 aliphatic carbocycles. The number of thiophene rings is 1. The summed E-state index contributed by atoms with van der Waals surface area (Å²) in [5.41, 5.74) is 1.23. The fourth-order valence-corrected chi connectivity index (χ4v) is 4.35. The molecule has 1 aliphatic heterocycles. The van der Waals surface area contributed by atoms with E-state index in [0.29, 0.717) is 25.3 Å². The molecule has 2 aromatic rings. The van der Waals surface area contributed by atoms with E-state index in [1.54, 1.807) is 17.7 Å². The Kier molecular flexibility index (Phi) is 6.49. The number of hydrogen-bond donors (Lipinski definition) is 1. The van der Waals surface area contributed by atoms with E-state index >= 15 is 0 Å². The maximum atomic E-state index is 12.3. The second-order valence-corrected chi connectivity index (χ2v) is 8.93. The van der Waals surface area contributed by atoms with Gasteiger partial charge in [0.05, 0.1) is 11.3 Å². The van der Waals surface area contributed by atoms with Crippen molar-refractivity contribution in [3.05, 3.63) is 16.8 Å². The average Bonchev–Trinajstić information content (AvgIpc) is 2.98. The standard InChI is InChI=1S/C20H28N4O3S/c1-12(2)9-21-16(25)10-27-20(26)15-5-7-24(8-6-15)18-17-13(3)14(4)28-19(17)23-11-22-18/h11-12,15H,5-10H2,1-4H3,(H,21,25). The molecule has 1 saturated heterocycles. The first-order valence-electron chi connectivity index (χ1n) is 9.75. The summed E-state index contributed by atoms with van der Waals surface area (Å²) in [5.74, 6) is 0.623. The number of rotatable bonds is 6. The van der Waals surface area contributed by atoms with Crippen LogP contribution in [0.2, 0.25) is 0 Å². The molecule has 1 fully saturated rings. The summed E-state index contributed by atoms with van der Waals surface area (Å²) in [6.07, 6.45) is 3.00. The van der Waals surface area contributed by atoms with Gasteiger partial charge in [-0.2, -0.15) is 0 Å². The largest absolute Gasteiger partial charge is 0.455 e. The van der Waals surface area contributed by atoms with Gasteiger partial charge in [-0.1, -0.05) is 13.8 Å². The van der Waals surface area contributed by atoms with E-state index in [0.717, 1.165) is 29.1 Å². The van der Waals surface area contributed by atoms with Crippen LogP contribution in [0.4, 0.5) is 5.82 Å². The van der Waals surface area contributed by atoms with Crippen LogP contribution in [-0.2, 0) is 14.3 Å². The molecule has 1 amide bonds. The topological polar surface area (TPSA) is 84.4 Å². The van der Waals surface area contributed by atoms with Gasteiger partial charge in [0.1, 0.15) is 17.0 Å². The van der Waals surface area contributed by atoms with Gasteiger partial charge in [-0.15, -0.1) is 11.3 Å². The molecule has 152 valence electrons. The van der Waals surface area contributed by atoms with Gasteiger partial charge in [-0.25, -0.2) is 9.97 Å². The maximum absolute atomic E-state index is 12.3. The van der Waals surface area contributed by atoms with Gasteiger partial charge in [-0.3, -0.25) is 9.59 Å². The third-order valence-electron chi connectivity index (χ3n) is 5.13. The highest BCUT2D eigenvalue weighted by Gasteiger charge is 2.28. The van der Waals surface area contributed by atoms with Crippen LogP contribution in [0.5, 0.6) is 0 Å². The zero-order valence-electron chi connectivity index (χ0n) is 16.9. The summed E-state index contributed by atoms with van der Waals surface area (Å²) in [5, 5.41) is 3.87. The number of esters is 1. The van der Waals surface area contributed by atoms with Crippen molar-refractivity contribution in [3.63, 3.8) is 0 Å². The van der Waals surface area contributed by atoms with Crippen LogP contribution in [0.25, 0.3) is 10.2 Å². The number of aryl methyl sites for hydroxylation is 2. The van der Waals surface area contributed by atoms with Crippen LogP contribution < -0.4 is 10.2 Å². The second-order valence-electron chi connectivity index (χ2n) is 7.73. The van der Waals surface area contributed by atoms with Crippen molar-refractivity contribution in [2.75, 3.05) is 31.1 Å². The van der Waals surface area contributed by atoms with Crippen LogP contribution in [-0.4, -0.2) is 48.1 Å². The summed E-state index contributed by atoms with van der Waals surface area (Å²) in [6.45, 7) is 10.1. The lowest BCUT2D eigenvalue weighted by Crippen LogP contribution is -2.38. The molecule has 0 spiro atoms. The highest BCUT2D eigenvalue weighted by Crippen LogP contribution is 2.35. The third-order valence-corrected chi connectivity index (χ3v) is 6.24. The van der Waals surface area contributed by atoms with Crippen molar-refractivity contribution >= 4 is 39.2 Å². The molecule has 0 radical (unpaired) electrons. The monoisotopic (exact) mass is 404 g/mol. The number of anilines is 1. The Morgan fingerprint density at radius 2 is 2.00 bits per heavy atom. The predicted molar refractivity (Wildman–Crippen MR) is 111 cm³/mol. The van der Waals surface area contributed by atoms with Gasteiger partial charge >= 0.3 is 5.97 Å². The lowest BCUT2D eigenvalue weighted by atomic mass is 9.97. The third kappa shape index (κ3) is 4.60. The van der Waals surface area contributed by atoms with Crippen molar-refractivity contribution in [1.29, 1.82) is 0 Å². The number of ether oxygens (including phenoxy) is 1. The van der Waals surface area contributed by atoms with E-state index in [9.17, 15) is 9.59 Å². The molecule has 7 nitrogen and oxygen atoms in total. The van der Waals surface area contributed by atoms with Crippen molar-refractivity contribution < 1.29 is 14.3 Å². The Morgan fingerprint density at radius 1 is 1.29 bits per heavy atom. The van der Waals surface area contributed by atoms with Crippen LogP contribution in [0.15, 0.2) is 6.33 Å². The van der Waals surface area contributed by atoms with Gasteiger partial charge in [-0.05, 0) is 38.2 Å². The van der Waals surface area contributed by atoms with Gasteiger partial charge in [0.15, 0.2) is 6.61 Å². The second kappa shape index (κ2) is 8.86. The van der Waals surface area contributed by atoms with Crippen LogP contribution >= 0.6 is 11.3 Å². The van der Waals surface area contributed by atoms with Gasteiger partial charge in [0.25, 0.3) is 5.91 Å². The summed E-state index contributed by atoms with van der Waals surface area (Å²) in [7, 11) is 0. The number of fused-ring (bicyclic) bond motifs is 1. The van der Waals surface area contributed by atoms with Crippen molar-refractivity contribution in [2.45, 2.75) is 40.5 Å². The highest BCUT2D eigenvalue weighted by molar-refractivity contribution is 7.18. The normalized spacial score (nSPS) is 15.2. The number of nitrogens with zero attached hydrogens (tertiary/aromatic N) is 3. The molecule has 0 saturated carbocycles. The number of piperidine rings is 1. The number of carbonyl (C=O) groups excluding carboxylic acids is 2. The quantitative estimate of drug-likeness (QED) is 0.746. The molecule has 28 heavy (non-hydrogen) atoms. The van der Waals surface area contributed by atoms with Crippen molar-refractivity contribution in [2.24, 2.45) is 11.8 Å².